The minimum absolute atomic E-state index is 0.150. The first-order chi connectivity index (χ1) is 14.5. The van der Waals surface area contributed by atoms with Crippen LogP contribution in [0, 0.1) is 11.3 Å². The summed E-state index contributed by atoms with van der Waals surface area (Å²) in [7, 11) is 0. The minimum atomic E-state index is -0.607. The van der Waals surface area contributed by atoms with Gasteiger partial charge in [0.15, 0.2) is 16.6 Å². The molecule has 0 bridgehead atoms. The van der Waals surface area contributed by atoms with Gasteiger partial charge in [0.25, 0.3) is 5.91 Å². The van der Waals surface area contributed by atoms with E-state index in [1.54, 1.807) is 0 Å². The second-order valence-corrected chi connectivity index (χ2v) is 7.33. The number of aromatic hydroxyl groups is 2. The smallest absolute Gasteiger partial charge is 0.268 e. The van der Waals surface area contributed by atoms with E-state index >= 15 is 0 Å². The van der Waals surface area contributed by atoms with Crippen LogP contribution in [0.1, 0.15) is 5.56 Å². The molecule has 1 heterocycles. The van der Waals surface area contributed by atoms with Gasteiger partial charge in [-0.1, -0.05) is 42.5 Å². The van der Waals surface area contributed by atoms with Gasteiger partial charge < -0.3 is 10.2 Å². The Morgan fingerprint density at radius 1 is 1.03 bits per heavy atom. The molecule has 30 heavy (non-hydrogen) atoms. The molecule has 0 saturated heterocycles. The number of phenolic OH excluding ortho intramolecular Hbond substituents is 2. The van der Waals surface area contributed by atoms with Gasteiger partial charge in [-0.3, -0.25) is 10.1 Å². The van der Waals surface area contributed by atoms with Gasteiger partial charge >= 0.3 is 0 Å². The minimum Gasteiger partial charge on any atom is -0.504 e. The number of thiazole rings is 1. The number of carbonyl (C=O) groups is 1. The van der Waals surface area contributed by atoms with Crippen LogP contribution < -0.4 is 5.32 Å². The highest BCUT2D eigenvalue weighted by atomic mass is 32.1. The zero-order chi connectivity index (χ0) is 21.1. The predicted octanol–water partition coefficient (Wildman–Crippen LogP) is 4.92. The number of carbonyl (C=O) groups excluding carboxylic acids is 1. The third-order valence-corrected chi connectivity index (χ3v) is 5.20. The van der Waals surface area contributed by atoms with Gasteiger partial charge in [0.05, 0.1) is 5.69 Å². The topological polar surface area (TPSA) is 106 Å². The summed E-state index contributed by atoms with van der Waals surface area (Å²) >= 11 is 1.26. The summed E-state index contributed by atoms with van der Waals surface area (Å²) in [6, 6.07) is 19.9. The molecule has 0 aliphatic heterocycles. The van der Waals surface area contributed by atoms with Crippen LogP contribution in [0.3, 0.4) is 0 Å². The molecule has 0 atom stereocenters. The highest BCUT2D eigenvalue weighted by Crippen LogP contribution is 2.29. The molecular formula is C23H15N3O3S. The van der Waals surface area contributed by atoms with Crippen molar-refractivity contribution in [3.8, 4) is 28.8 Å². The zero-order valence-electron chi connectivity index (χ0n) is 15.5. The molecule has 4 aromatic rings. The summed E-state index contributed by atoms with van der Waals surface area (Å²) in [6.07, 6.45) is 1.33. The highest BCUT2D eigenvalue weighted by Gasteiger charge is 2.13. The molecule has 1 aromatic heterocycles. The maximum Gasteiger partial charge on any atom is 0.268 e. The van der Waals surface area contributed by atoms with Crippen LogP contribution in [0.25, 0.3) is 28.1 Å². The fourth-order valence-electron chi connectivity index (χ4n) is 2.92. The fourth-order valence-corrected chi connectivity index (χ4v) is 3.64. The van der Waals surface area contributed by atoms with Crippen molar-refractivity contribution in [1.29, 1.82) is 5.26 Å². The molecule has 0 aliphatic rings. The fraction of sp³-hybridized carbons (Fsp3) is 0. The monoisotopic (exact) mass is 413 g/mol. The molecule has 6 nitrogen and oxygen atoms in total. The number of benzene rings is 3. The molecule has 146 valence electrons. The summed E-state index contributed by atoms with van der Waals surface area (Å²) < 4.78 is 0. The maximum atomic E-state index is 12.5. The Kier molecular flexibility index (Phi) is 5.16. The number of fused-ring (bicyclic) bond motifs is 1. The summed E-state index contributed by atoms with van der Waals surface area (Å²) in [5.74, 6) is -1.22. The van der Waals surface area contributed by atoms with E-state index in [4.69, 9.17) is 0 Å². The van der Waals surface area contributed by atoms with Gasteiger partial charge in [-0.25, -0.2) is 4.98 Å². The molecule has 0 radical (unpaired) electrons. The summed E-state index contributed by atoms with van der Waals surface area (Å²) in [5, 5.41) is 35.3. The Bertz CT molecular complexity index is 1340. The molecule has 0 fully saturated rings. The molecular weight excluding hydrogens is 398 g/mol. The largest absolute Gasteiger partial charge is 0.504 e. The third kappa shape index (κ3) is 3.99. The molecule has 0 saturated carbocycles. The van der Waals surface area contributed by atoms with Crippen molar-refractivity contribution in [2.24, 2.45) is 0 Å². The standard InChI is InChI=1S/C23H15N3O3S/c24-12-18(9-14-5-8-20(27)21(28)10-14)22(29)26-23-25-19(13-30-23)17-7-6-15-3-1-2-4-16(15)11-17/h1-11,13,27-28H,(H,25,26,29)/b18-9+. The SMILES string of the molecule is N#C/C(=C\c1ccc(O)c(O)c1)C(=O)Nc1nc(-c2ccc3ccccc3c2)cs1. The average Bonchev–Trinajstić information content (AvgIpc) is 3.22. The van der Waals surface area contributed by atoms with Crippen molar-refractivity contribution in [1.82, 2.24) is 4.98 Å². The van der Waals surface area contributed by atoms with E-state index in [1.165, 1.54) is 35.6 Å². The number of hydrogen-bond acceptors (Lipinski definition) is 6. The first kappa shape index (κ1) is 19.2. The molecule has 4 rings (SSSR count). The summed E-state index contributed by atoms with van der Waals surface area (Å²) in [4.78, 5) is 16.9. The Balaban J connectivity index is 1.54. The molecule has 3 N–H and O–H groups in total. The summed E-state index contributed by atoms with van der Waals surface area (Å²) in [5.41, 5.74) is 1.92. The predicted molar refractivity (Wildman–Crippen MR) is 117 cm³/mol. The maximum absolute atomic E-state index is 12.5. The van der Waals surface area contributed by atoms with Gasteiger partial charge in [-0.05, 0) is 40.6 Å². The number of amides is 1. The molecule has 0 aliphatic carbocycles. The number of nitrogens with one attached hydrogen (secondary N) is 1. The first-order valence-electron chi connectivity index (χ1n) is 8.93. The number of phenols is 2. The lowest BCUT2D eigenvalue weighted by molar-refractivity contribution is -0.112. The first-order valence-corrected chi connectivity index (χ1v) is 9.81. The van der Waals surface area contributed by atoms with E-state index in [9.17, 15) is 20.3 Å². The third-order valence-electron chi connectivity index (χ3n) is 4.45. The van der Waals surface area contributed by atoms with Crippen LogP contribution in [0.15, 0.2) is 71.6 Å². The molecule has 0 spiro atoms. The van der Waals surface area contributed by atoms with Crippen LogP contribution in [0.4, 0.5) is 5.13 Å². The number of aromatic nitrogens is 1. The number of nitriles is 1. The van der Waals surface area contributed by atoms with Crippen LogP contribution in [-0.4, -0.2) is 21.1 Å². The average molecular weight is 413 g/mol. The lowest BCUT2D eigenvalue weighted by atomic mass is 10.1. The van der Waals surface area contributed by atoms with Crippen molar-refractivity contribution < 1.29 is 15.0 Å². The van der Waals surface area contributed by atoms with Gasteiger partial charge in [-0.15, -0.1) is 11.3 Å². The normalized spacial score (nSPS) is 11.2. The van der Waals surface area contributed by atoms with Gasteiger partial charge in [0, 0.05) is 10.9 Å². The zero-order valence-corrected chi connectivity index (χ0v) is 16.4. The van der Waals surface area contributed by atoms with E-state index in [-0.39, 0.29) is 17.1 Å². The summed E-state index contributed by atoms with van der Waals surface area (Å²) in [6.45, 7) is 0. The van der Waals surface area contributed by atoms with Gasteiger partial charge in [0.2, 0.25) is 0 Å². The number of rotatable bonds is 4. The van der Waals surface area contributed by atoms with E-state index in [0.29, 0.717) is 10.7 Å². The molecule has 3 aromatic carbocycles. The van der Waals surface area contributed by atoms with E-state index in [1.807, 2.05) is 53.9 Å². The second kappa shape index (κ2) is 8.07. The Hall–Kier alpha value is -4.15. The number of nitrogens with zero attached hydrogens (tertiary/aromatic N) is 2. The lowest BCUT2D eigenvalue weighted by Gasteiger charge is -2.02. The van der Waals surface area contributed by atoms with Crippen molar-refractivity contribution in [2.45, 2.75) is 0 Å². The van der Waals surface area contributed by atoms with E-state index in [0.717, 1.165) is 22.0 Å². The van der Waals surface area contributed by atoms with Crippen LogP contribution in [-0.2, 0) is 4.79 Å². The van der Waals surface area contributed by atoms with Crippen molar-refractivity contribution >= 4 is 39.2 Å². The van der Waals surface area contributed by atoms with Gasteiger partial charge in [0.1, 0.15) is 11.6 Å². The van der Waals surface area contributed by atoms with Crippen molar-refractivity contribution in [3.63, 3.8) is 0 Å². The van der Waals surface area contributed by atoms with Crippen molar-refractivity contribution in [2.75, 3.05) is 5.32 Å². The number of anilines is 1. The quantitative estimate of drug-likeness (QED) is 0.250. The number of hydrogen-bond donors (Lipinski definition) is 3. The Labute approximate surface area is 176 Å². The van der Waals surface area contributed by atoms with Gasteiger partial charge in [-0.2, -0.15) is 5.26 Å². The second-order valence-electron chi connectivity index (χ2n) is 6.47. The highest BCUT2D eigenvalue weighted by molar-refractivity contribution is 7.14. The molecule has 1 amide bonds. The van der Waals surface area contributed by atoms with Crippen LogP contribution >= 0.6 is 11.3 Å². The van der Waals surface area contributed by atoms with E-state index < -0.39 is 5.91 Å². The Morgan fingerprint density at radius 3 is 2.60 bits per heavy atom. The molecule has 7 heteroatoms. The van der Waals surface area contributed by atoms with Crippen LogP contribution in [0.5, 0.6) is 11.5 Å². The molecule has 0 unspecified atom stereocenters. The Morgan fingerprint density at radius 2 is 1.83 bits per heavy atom. The van der Waals surface area contributed by atoms with Crippen LogP contribution in [0.2, 0.25) is 0 Å². The lowest BCUT2D eigenvalue weighted by Crippen LogP contribution is -2.13. The van der Waals surface area contributed by atoms with E-state index in [2.05, 4.69) is 10.3 Å². The van der Waals surface area contributed by atoms with Crippen molar-refractivity contribution in [3.05, 3.63) is 77.2 Å².